The molecule has 0 amide bonds. The molecule has 0 saturated carbocycles. The highest BCUT2D eigenvalue weighted by Gasteiger charge is 2.30. The number of aromatic nitrogens is 3. The molecule has 1 atom stereocenters. The third-order valence-electron chi connectivity index (χ3n) is 8.65. The maximum atomic E-state index is 9.84. The number of methoxy groups -OCH3 is 1. The number of piperidine rings is 1. The van der Waals surface area contributed by atoms with Crippen LogP contribution in [0.1, 0.15) is 44.6 Å². The molecule has 39 heavy (non-hydrogen) atoms. The standard InChI is InChI=1S/C30H40N6O3/c1-3-23-20-39-17-16-36(23)29-25-7-8-26(21-6-9-27(38-2)22(18-21)19-37)31-28(25)32-30(33-29)35-14-10-24(11-15-35)34-12-4-5-13-34/h6-9,18,23-24,37H,3-5,10-17,19-20H2,1-2H3/t23-/m0/s1. The summed E-state index contributed by atoms with van der Waals surface area (Å²) in [6, 6.07) is 10.9. The Bertz CT molecular complexity index is 1290. The molecule has 9 heteroatoms. The summed E-state index contributed by atoms with van der Waals surface area (Å²) < 4.78 is 11.2. The Hall–Kier alpha value is -3.01. The molecule has 6 rings (SSSR count). The second kappa shape index (κ2) is 11.6. The Morgan fingerprint density at radius 2 is 1.82 bits per heavy atom. The fourth-order valence-corrected chi connectivity index (χ4v) is 6.38. The zero-order chi connectivity index (χ0) is 26.8. The van der Waals surface area contributed by atoms with Gasteiger partial charge in [-0.3, -0.25) is 0 Å². The lowest BCUT2D eigenvalue weighted by Crippen LogP contribution is -2.46. The summed E-state index contributed by atoms with van der Waals surface area (Å²) in [5, 5.41) is 10.8. The number of hydrogen-bond donors (Lipinski definition) is 1. The molecule has 1 aromatic carbocycles. The van der Waals surface area contributed by atoms with Gasteiger partial charge in [0.15, 0.2) is 5.65 Å². The van der Waals surface area contributed by atoms with Crippen LogP contribution in [0.3, 0.4) is 0 Å². The van der Waals surface area contributed by atoms with Crippen molar-refractivity contribution < 1.29 is 14.6 Å². The number of nitrogens with zero attached hydrogens (tertiary/aromatic N) is 6. The van der Waals surface area contributed by atoms with Crippen LogP contribution in [0.15, 0.2) is 30.3 Å². The summed E-state index contributed by atoms with van der Waals surface area (Å²) in [5.74, 6) is 2.40. The van der Waals surface area contributed by atoms with Gasteiger partial charge < -0.3 is 29.3 Å². The van der Waals surface area contributed by atoms with Gasteiger partial charge in [0, 0.05) is 36.8 Å². The number of fused-ring (bicyclic) bond motifs is 1. The van der Waals surface area contributed by atoms with Gasteiger partial charge in [-0.25, -0.2) is 4.98 Å². The number of rotatable bonds is 7. The molecular weight excluding hydrogens is 492 g/mol. The lowest BCUT2D eigenvalue weighted by atomic mass is 10.0. The highest BCUT2D eigenvalue weighted by molar-refractivity contribution is 5.90. The van der Waals surface area contributed by atoms with Gasteiger partial charge in [0.25, 0.3) is 0 Å². The maximum absolute atomic E-state index is 9.84. The third kappa shape index (κ3) is 5.27. The quantitative estimate of drug-likeness (QED) is 0.487. The topological polar surface area (TPSA) is 87.1 Å². The van der Waals surface area contributed by atoms with Crippen molar-refractivity contribution in [1.82, 2.24) is 19.9 Å². The SMILES string of the molecule is CC[C@H]1COCCN1c1nc(N2CCC(N3CCCC3)CC2)nc2nc(-c3ccc(OC)c(CO)c3)ccc12. The van der Waals surface area contributed by atoms with E-state index in [0.717, 1.165) is 72.9 Å². The number of benzene rings is 1. The number of morpholine rings is 1. The second-order valence-electron chi connectivity index (χ2n) is 10.9. The molecule has 5 heterocycles. The van der Waals surface area contributed by atoms with Gasteiger partial charge in [-0.2, -0.15) is 9.97 Å². The first-order chi connectivity index (χ1) is 19.2. The Morgan fingerprint density at radius 1 is 1.00 bits per heavy atom. The molecule has 1 N–H and O–H groups in total. The van der Waals surface area contributed by atoms with Crippen LogP contribution in [0, 0.1) is 0 Å². The lowest BCUT2D eigenvalue weighted by Gasteiger charge is -2.38. The monoisotopic (exact) mass is 532 g/mol. The minimum Gasteiger partial charge on any atom is -0.496 e. The first kappa shape index (κ1) is 26.2. The molecule has 0 aliphatic carbocycles. The number of aliphatic hydroxyl groups is 1. The van der Waals surface area contributed by atoms with E-state index in [4.69, 9.17) is 24.4 Å². The number of likely N-dealkylation sites (tertiary alicyclic amines) is 1. The summed E-state index contributed by atoms with van der Waals surface area (Å²) in [4.78, 5) is 22.7. The molecule has 2 aromatic heterocycles. The maximum Gasteiger partial charge on any atom is 0.229 e. The number of aliphatic hydroxyl groups excluding tert-OH is 1. The van der Waals surface area contributed by atoms with Gasteiger partial charge in [0.1, 0.15) is 11.6 Å². The first-order valence-electron chi connectivity index (χ1n) is 14.5. The average Bonchev–Trinajstić information content (AvgIpc) is 3.55. The molecule has 208 valence electrons. The molecule has 3 saturated heterocycles. The van der Waals surface area contributed by atoms with Crippen LogP contribution in [0.5, 0.6) is 5.75 Å². The molecule has 3 aromatic rings. The Labute approximate surface area is 230 Å². The minimum atomic E-state index is -0.0934. The summed E-state index contributed by atoms with van der Waals surface area (Å²) >= 11 is 0. The van der Waals surface area contributed by atoms with Crippen LogP contribution >= 0.6 is 0 Å². The van der Waals surface area contributed by atoms with E-state index in [0.29, 0.717) is 30.7 Å². The van der Waals surface area contributed by atoms with E-state index in [2.05, 4.69) is 27.7 Å². The van der Waals surface area contributed by atoms with E-state index in [1.54, 1.807) is 7.11 Å². The van der Waals surface area contributed by atoms with Crippen LogP contribution in [0.25, 0.3) is 22.3 Å². The predicted octanol–water partition coefficient (Wildman–Crippen LogP) is 3.87. The molecule has 3 fully saturated rings. The van der Waals surface area contributed by atoms with E-state index in [9.17, 15) is 5.11 Å². The average molecular weight is 533 g/mol. The molecular formula is C30H40N6O3. The number of pyridine rings is 1. The van der Waals surface area contributed by atoms with Crippen LogP contribution in [0.2, 0.25) is 0 Å². The van der Waals surface area contributed by atoms with Gasteiger partial charge >= 0.3 is 0 Å². The van der Waals surface area contributed by atoms with Crippen molar-refractivity contribution in [1.29, 1.82) is 0 Å². The number of anilines is 2. The molecule has 9 nitrogen and oxygen atoms in total. The summed E-state index contributed by atoms with van der Waals surface area (Å²) in [6.45, 7) is 8.73. The Morgan fingerprint density at radius 3 is 2.56 bits per heavy atom. The molecule has 0 spiro atoms. The second-order valence-corrected chi connectivity index (χ2v) is 10.9. The molecule has 3 aliphatic heterocycles. The largest absolute Gasteiger partial charge is 0.496 e. The van der Waals surface area contributed by atoms with Gasteiger partial charge in [-0.15, -0.1) is 0 Å². The van der Waals surface area contributed by atoms with Crippen molar-refractivity contribution in [3.8, 4) is 17.0 Å². The van der Waals surface area contributed by atoms with Crippen molar-refractivity contribution in [2.24, 2.45) is 0 Å². The van der Waals surface area contributed by atoms with Gasteiger partial charge in [0.05, 0.1) is 44.1 Å². The van der Waals surface area contributed by atoms with E-state index < -0.39 is 0 Å². The third-order valence-corrected chi connectivity index (χ3v) is 8.65. The van der Waals surface area contributed by atoms with Crippen LogP contribution in [-0.2, 0) is 11.3 Å². The molecule has 3 aliphatic rings. The van der Waals surface area contributed by atoms with Gasteiger partial charge in [-0.1, -0.05) is 6.92 Å². The fourth-order valence-electron chi connectivity index (χ4n) is 6.38. The highest BCUT2D eigenvalue weighted by Crippen LogP contribution is 2.33. The van der Waals surface area contributed by atoms with Crippen LogP contribution < -0.4 is 14.5 Å². The zero-order valence-electron chi connectivity index (χ0n) is 23.2. The van der Waals surface area contributed by atoms with Crippen molar-refractivity contribution in [3.05, 3.63) is 35.9 Å². The fraction of sp³-hybridized carbons (Fsp3) is 0.567. The Balaban J connectivity index is 1.38. The predicted molar refractivity (Wildman–Crippen MR) is 154 cm³/mol. The van der Waals surface area contributed by atoms with Crippen molar-refractivity contribution in [2.45, 2.75) is 57.7 Å². The van der Waals surface area contributed by atoms with E-state index in [1.807, 2.05) is 24.3 Å². The first-order valence-corrected chi connectivity index (χ1v) is 14.5. The van der Waals surface area contributed by atoms with E-state index >= 15 is 0 Å². The molecule has 0 radical (unpaired) electrons. The highest BCUT2D eigenvalue weighted by atomic mass is 16.5. The molecule has 0 bridgehead atoms. The summed E-state index contributed by atoms with van der Waals surface area (Å²) in [5.41, 5.74) is 3.18. The van der Waals surface area contributed by atoms with Crippen LogP contribution in [0.4, 0.5) is 11.8 Å². The zero-order valence-corrected chi connectivity index (χ0v) is 23.2. The van der Waals surface area contributed by atoms with E-state index in [-0.39, 0.29) is 12.6 Å². The van der Waals surface area contributed by atoms with Crippen LogP contribution in [-0.4, -0.2) is 90.1 Å². The van der Waals surface area contributed by atoms with Crippen molar-refractivity contribution >= 4 is 22.8 Å². The van der Waals surface area contributed by atoms with Gasteiger partial charge in [0.2, 0.25) is 5.95 Å². The number of ether oxygens (including phenoxy) is 2. The van der Waals surface area contributed by atoms with Crippen molar-refractivity contribution in [3.63, 3.8) is 0 Å². The minimum absolute atomic E-state index is 0.0934. The Kier molecular flexibility index (Phi) is 7.81. The van der Waals surface area contributed by atoms with Crippen molar-refractivity contribution in [2.75, 3.05) is 62.8 Å². The summed E-state index contributed by atoms with van der Waals surface area (Å²) in [6.07, 6.45) is 5.95. The molecule has 0 unspecified atom stereocenters. The van der Waals surface area contributed by atoms with Gasteiger partial charge in [-0.05, 0) is 75.5 Å². The number of hydrogen-bond acceptors (Lipinski definition) is 9. The summed E-state index contributed by atoms with van der Waals surface area (Å²) in [7, 11) is 1.62. The normalized spacial score (nSPS) is 21.2. The lowest BCUT2D eigenvalue weighted by molar-refractivity contribution is 0.0927. The van der Waals surface area contributed by atoms with E-state index in [1.165, 1.54) is 25.9 Å². The smallest absolute Gasteiger partial charge is 0.229 e.